The van der Waals surface area contributed by atoms with E-state index in [1.54, 1.807) is 0 Å². The second-order valence-electron chi connectivity index (χ2n) is 6.55. The average molecular weight is 260 g/mol. The maximum absolute atomic E-state index is 2.47. The van der Waals surface area contributed by atoms with Crippen LogP contribution in [0.4, 0.5) is 0 Å². The van der Waals surface area contributed by atoms with E-state index in [9.17, 15) is 0 Å². The second kappa shape index (κ2) is 14.7. The molecule has 0 aliphatic heterocycles. The van der Waals surface area contributed by atoms with Gasteiger partial charge in [-0.05, 0) is 0 Å². The summed E-state index contributed by atoms with van der Waals surface area (Å²) in [5.74, 6) is 1.01. The molecule has 0 N–H and O–H groups in total. The van der Waals surface area contributed by atoms with E-state index in [4.69, 9.17) is 0 Å². The van der Waals surface area contributed by atoms with Crippen molar-refractivity contribution in [1.82, 2.24) is 0 Å². The highest BCUT2D eigenvalue weighted by Crippen LogP contribution is 2.25. The van der Waals surface area contributed by atoms with E-state index in [-0.39, 0.29) is 0 Å². The number of unbranched alkanes of at least 4 members (excludes halogenated alkanes) is 8. The first-order valence-corrected chi connectivity index (χ1v) is 9.26. The summed E-state index contributed by atoms with van der Waals surface area (Å²) in [7, 11) is 6.21. The summed E-state index contributed by atoms with van der Waals surface area (Å²) in [5.41, 5.74) is 0. The fraction of sp³-hybridized carbons (Fsp3) is 1.00. The van der Waals surface area contributed by atoms with Gasteiger partial charge in [-0.3, -0.25) is 0 Å². The molecule has 0 fully saturated rings. The van der Waals surface area contributed by atoms with Crippen molar-refractivity contribution >= 4 is 29.0 Å². The predicted octanol–water partition coefficient (Wildman–Crippen LogP) is 3.18. The minimum Gasteiger partial charge on any atom is -0.0778 e. The molecular formula is C15H36B4. The molecule has 108 valence electrons. The molecule has 0 atom stereocenters. The molecule has 0 radical (unpaired) electrons. The summed E-state index contributed by atoms with van der Waals surface area (Å²) in [6.45, 7) is 5.55. The summed E-state index contributed by atoms with van der Waals surface area (Å²) >= 11 is 0. The lowest BCUT2D eigenvalue weighted by atomic mass is 9.01. The molecule has 0 aromatic heterocycles. The zero-order valence-electron chi connectivity index (χ0n) is 14.3. The molecule has 0 saturated heterocycles. The normalized spacial score (nSPS) is 10.9. The quantitative estimate of drug-likeness (QED) is 0.332. The van der Waals surface area contributed by atoms with Crippen LogP contribution < -0.4 is 0 Å². The van der Waals surface area contributed by atoms with Crippen molar-refractivity contribution in [2.45, 2.75) is 96.7 Å². The Morgan fingerprint density at radius 3 is 1.58 bits per heavy atom. The van der Waals surface area contributed by atoms with Crippen molar-refractivity contribution in [2.24, 2.45) is 0 Å². The third-order valence-corrected chi connectivity index (χ3v) is 4.81. The van der Waals surface area contributed by atoms with E-state index in [0.29, 0.717) is 0 Å². The highest BCUT2D eigenvalue weighted by molar-refractivity contribution is 7.46. The zero-order chi connectivity index (χ0) is 14.3. The highest BCUT2D eigenvalue weighted by atomic mass is 14.0. The average Bonchev–Trinajstić information content (AvgIpc) is 2.43. The Hall–Kier alpha value is 0.260. The zero-order valence-corrected chi connectivity index (χ0v) is 14.3. The number of hydrogen-bond acceptors (Lipinski definition) is 0. The fourth-order valence-electron chi connectivity index (χ4n) is 3.07. The molecule has 0 unspecified atom stereocenters. The summed E-state index contributed by atoms with van der Waals surface area (Å²) in [4.78, 5) is 0. The van der Waals surface area contributed by atoms with Crippen LogP contribution in [0.15, 0.2) is 0 Å². The first-order chi connectivity index (χ1) is 9.26. The molecule has 0 aromatic carbocycles. The molecule has 0 aliphatic carbocycles. The van der Waals surface area contributed by atoms with Gasteiger partial charge in [-0.15, -0.1) is 0 Å². The highest BCUT2D eigenvalue weighted by Gasteiger charge is 2.17. The molecule has 4 heteroatoms. The Balaban J connectivity index is 3.70. The van der Waals surface area contributed by atoms with Crippen molar-refractivity contribution in [3.05, 3.63) is 0 Å². The molecular weight excluding hydrogens is 223 g/mol. The molecule has 0 saturated carbocycles. The van der Waals surface area contributed by atoms with Crippen molar-refractivity contribution < 1.29 is 0 Å². The van der Waals surface area contributed by atoms with Gasteiger partial charge in [0.1, 0.15) is 0 Å². The third-order valence-electron chi connectivity index (χ3n) is 4.81. The monoisotopic (exact) mass is 260 g/mol. The van der Waals surface area contributed by atoms with Crippen molar-refractivity contribution in [3.63, 3.8) is 0 Å². The van der Waals surface area contributed by atoms with Gasteiger partial charge in [0.25, 0.3) is 0 Å². The maximum Gasteiger partial charge on any atom is 0.0646 e. The molecule has 0 rings (SSSR count). The van der Waals surface area contributed by atoms with Gasteiger partial charge < -0.3 is 0 Å². The summed E-state index contributed by atoms with van der Waals surface area (Å²) in [6.07, 6.45) is 17.4. The van der Waals surface area contributed by atoms with E-state index in [2.05, 4.69) is 29.3 Å². The number of rotatable bonds is 14. The summed E-state index contributed by atoms with van der Waals surface area (Å²) in [6, 6.07) is 0. The molecule has 0 bridgehead atoms. The van der Waals surface area contributed by atoms with Crippen LogP contribution in [-0.4, -0.2) is 29.0 Å². The standard InChI is InChI=1S/C15H36B4/c1-3-5-7-9-11-13-15(19(17)18-16)14-12-10-8-6-4-2/h15,18H,3-14,16-17H2,1-2H3. The lowest BCUT2D eigenvalue weighted by Gasteiger charge is -2.21. The topological polar surface area (TPSA) is 0 Å². The minimum atomic E-state index is 0.942. The van der Waals surface area contributed by atoms with E-state index >= 15 is 0 Å². The SMILES string of the molecule is BBB(B)C(CCCCCCC)CCCCCCC. The van der Waals surface area contributed by atoms with Crippen LogP contribution in [0.1, 0.15) is 90.9 Å². The van der Waals surface area contributed by atoms with Gasteiger partial charge in [0.15, 0.2) is 0 Å². The third kappa shape index (κ3) is 11.8. The second-order valence-corrected chi connectivity index (χ2v) is 6.55. The molecule has 0 spiro atoms. The lowest BCUT2D eigenvalue weighted by Crippen LogP contribution is -2.30. The van der Waals surface area contributed by atoms with E-state index < -0.39 is 0 Å². The maximum atomic E-state index is 2.47. The molecule has 0 amide bonds. The van der Waals surface area contributed by atoms with Crippen molar-refractivity contribution in [2.75, 3.05) is 0 Å². The van der Waals surface area contributed by atoms with E-state index in [0.717, 1.165) is 12.3 Å². The lowest BCUT2D eigenvalue weighted by molar-refractivity contribution is 0.540. The van der Waals surface area contributed by atoms with Crippen LogP contribution in [0.2, 0.25) is 5.82 Å². The number of hydrogen-bond donors (Lipinski definition) is 0. The smallest absolute Gasteiger partial charge is 0.0646 e. The van der Waals surface area contributed by atoms with Gasteiger partial charge in [0, 0.05) is 7.06 Å². The Labute approximate surface area is 126 Å². The van der Waals surface area contributed by atoms with Gasteiger partial charge in [-0.2, -0.15) is 0 Å². The van der Waals surface area contributed by atoms with Gasteiger partial charge in [0.2, 0.25) is 0 Å². The van der Waals surface area contributed by atoms with Gasteiger partial charge in [-0.1, -0.05) is 96.7 Å². The summed E-state index contributed by atoms with van der Waals surface area (Å²) in [5, 5.41) is 0. The van der Waals surface area contributed by atoms with Crippen LogP contribution in [0, 0.1) is 0 Å². The van der Waals surface area contributed by atoms with Crippen LogP contribution in [0.3, 0.4) is 0 Å². The van der Waals surface area contributed by atoms with E-state index in [1.807, 2.05) is 0 Å². The Morgan fingerprint density at radius 1 is 0.789 bits per heavy atom. The Morgan fingerprint density at radius 2 is 1.21 bits per heavy atom. The van der Waals surface area contributed by atoms with Crippen LogP contribution in [0.5, 0.6) is 0 Å². The molecule has 0 aromatic rings. The Bertz CT molecular complexity index is 162. The van der Waals surface area contributed by atoms with Gasteiger partial charge in [0.05, 0.1) is 22.0 Å². The van der Waals surface area contributed by atoms with Crippen LogP contribution in [0.25, 0.3) is 0 Å². The molecule has 0 heterocycles. The van der Waals surface area contributed by atoms with E-state index in [1.165, 1.54) is 84.1 Å². The summed E-state index contributed by atoms with van der Waals surface area (Å²) < 4.78 is 0. The van der Waals surface area contributed by atoms with Crippen LogP contribution >= 0.6 is 0 Å². The minimum absolute atomic E-state index is 0.942. The van der Waals surface area contributed by atoms with Crippen molar-refractivity contribution in [3.8, 4) is 0 Å². The fourth-order valence-corrected chi connectivity index (χ4v) is 3.07. The van der Waals surface area contributed by atoms with Crippen molar-refractivity contribution in [1.29, 1.82) is 0 Å². The Kier molecular flexibility index (Phi) is 14.9. The molecule has 0 aliphatic rings. The first kappa shape index (κ1) is 19.3. The first-order valence-electron chi connectivity index (χ1n) is 9.26. The van der Waals surface area contributed by atoms with Gasteiger partial charge in [-0.25, -0.2) is 0 Å². The van der Waals surface area contributed by atoms with Gasteiger partial charge >= 0.3 is 0 Å². The van der Waals surface area contributed by atoms with Crippen LogP contribution in [-0.2, 0) is 0 Å². The largest absolute Gasteiger partial charge is 0.0778 e. The molecule has 0 nitrogen and oxygen atoms in total. The molecule has 19 heavy (non-hydrogen) atoms. The predicted molar refractivity (Wildman–Crippen MR) is 100 cm³/mol.